The van der Waals surface area contributed by atoms with Gasteiger partial charge >= 0.3 is 0 Å². The van der Waals surface area contributed by atoms with Gasteiger partial charge in [0.15, 0.2) is 0 Å². The number of anilines is 1. The highest BCUT2D eigenvalue weighted by Gasteiger charge is 2.20. The van der Waals surface area contributed by atoms with E-state index in [1.165, 1.54) is 0 Å². The maximum atomic E-state index is 12.4. The second-order valence-corrected chi connectivity index (χ2v) is 6.62. The average molecular weight is 368 g/mol. The fourth-order valence-corrected chi connectivity index (χ4v) is 3.19. The second kappa shape index (κ2) is 10.4. The van der Waals surface area contributed by atoms with Crippen molar-refractivity contribution in [3.8, 4) is 0 Å². The summed E-state index contributed by atoms with van der Waals surface area (Å²) in [6.45, 7) is 8.60. The van der Waals surface area contributed by atoms with Gasteiger partial charge in [0, 0.05) is 18.7 Å². The molecule has 0 spiro atoms. The van der Waals surface area contributed by atoms with Crippen LogP contribution in [0.2, 0.25) is 0 Å². The summed E-state index contributed by atoms with van der Waals surface area (Å²) < 4.78 is 0. The molecule has 1 aromatic rings. The van der Waals surface area contributed by atoms with Crippen molar-refractivity contribution in [2.24, 2.45) is 5.92 Å². The van der Waals surface area contributed by atoms with E-state index in [1.807, 2.05) is 39.0 Å². The van der Waals surface area contributed by atoms with Crippen molar-refractivity contribution >= 4 is 29.9 Å². The first-order chi connectivity index (χ1) is 11.5. The number of aryl methyl sites for hydroxylation is 2. The molecule has 2 amide bonds. The quantitative estimate of drug-likeness (QED) is 0.779. The smallest absolute Gasteiger partial charge is 0.244 e. The first-order valence-corrected chi connectivity index (χ1v) is 8.85. The Balaban J connectivity index is 0.00000312. The molecule has 1 aromatic carbocycles. The lowest BCUT2D eigenvalue weighted by molar-refractivity contribution is -0.134. The van der Waals surface area contributed by atoms with Crippen LogP contribution in [0.1, 0.15) is 37.3 Å². The van der Waals surface area contributed by atoms with Gasteiger partial charge < -0.3 is 15.5 Å². The van der Waals surface area contributed by atoms with Crippen LogP contribution >= 0.6 is 12.4 Å². The minimum Gasteiger partial charge on any atom is -0.334 e. The van der Waals surface area contributed by atoms with Gasteiger partial charge in [0.25, 0.3) is 0 Å². The Bertz CT molecular complexity index is 566. The Hall–Kier alpha value is -1.59. The molecule has 0 saturated carbocycles. The van der Waals surface area contributed by atoms with E-state index in [9.17, 15) is 9.59 Å². The third-order valence-electron chi connectivity index (χ3n) is 4.74. The van der Waals surface area contributed by atoms with E-state index in [0.29, 0.717) is 18.9 Å². The maximum Gasteiger partial charge on any atom is 0.244 e. The Kier molecular flexibility index (Phi) is 8.93. The Morgan fingerprint density at radius 3 is 2.52 bits per heavy atom. The fraction of sp³-hybridized carbons (Fsp3) is 0.579. The summed E-state index contributed by atoms with van der Waals surface area (Å²) in [5.74, 6) is 0.530. The lowest BCUT2D eigenvalue weighted by Gasteiger charge is -2.22. The number of rotatable bonds is 7. The number of nitrogens with one attached hydrogen (secondary N) is 2. The minimum atomic E-state index is -0.134. The molecule has 6 heteroatoms. The summed E-state index contributed by atoms with van der Waals surface area (Å²) >= 11 is 0. The normalized spacial score (nSPS) is 16.2. The van der Waals surface area contributed by atoms with Crippen LogP contribution in [0.5, 0.6) is 0 Å². The molecule has 0 aliphatic carbocycles. The van der Waals surface area contributed by atoms with Crippen LogP contribution in [0.25, 0.3) is 0 Å². The summed E-state index contributed by atoms with van der Waals surface area (Å²) in [5.41, 5.74) is 2.92. The number of amides is 2. The third kappa shape index (κ3) is 6.33. The molecule has 2 rings (SSSR count). The summed E-state index contributed by atoms with van der Waals surface area (Å²) in [6.07, 6.45) is 2.57. The predicted octanol–water partition coefficient (Wildman–Crippen LogP) is 2.90. The van der Waals surface area contributed by atoms with Crippen molar-refractivity contribution < 1.29 is 9.59 Å². The highest BCUT2D eigenvalue weighted by molar-refractivity contribution is 5.95. The summed E-state index contributed by atoms with van der Waals surface area (Å²) in [5, 5.41) is 6.27. The molecule has 1 fully saturated rings. The predicted molar refractivity (Wildman–Crippen MR) is 104 cm³/mol. The van der Waals surface area contributed by atoms with Gasteiger partial charge in [-0.2, -0.15) is 0 Å². The zero-order valence-corrected chi connectivity index (χ0v) is 16.2. The molecule has 5 nitrogen and oxygen atoms in total. The average Bonchev–Trinajstić information content (AvgIpc) is 3.07. The van der Waals surface area contributed by atoms with Gasteiger partial charge in [-0.3, -0.25) is 9.59 Å². The Morgan fingerprint density at radius 1 is 1.28 bits per heavy atom. The van der Waals surface area contributed by atoms with E-state index in [1.54, 1.807) is 4.90 Å². The van der Waals surface area contributed by atoms with Crippen molar-refractivity contribution in [3.05, 3.63) is 29.3 Å². The summed E-state index contributed by atoms with van der Waals surface area (Å²) in [6, 6.07) is 5.92. The molecule has 1 heterocycles. The summed E-state index contributed by atoms with van der Waals surface area (Å²) in [7, 11) is 0. The van der Waals surface area contributed by atoms with E-state index >= 15 is 0 Å². The lowest BCUT2D eigenvalue weighted by Crippen LogP contribution is -2.38. The molecule has 140 valence electrons. The zero-order chi connectivity index (χ0) is 17.5. The molecule has 1 unspecified atom stereocenters. The largest absolute Gasteiger partial charge is 0.334 e. The van der Waals surface area contributed by atoms with E-state index in [0.717, 1.165) is 42.7 Å². The minimum absolute atomic E-state index is 0. The number of carbonyl (C=O) groups is 2. The van der Waals surface area contributed by atoms with Crippen LogP contribution < -0.4 is 10.6 Å². The zero-order valence-electron chi connectivity index (χ0n) is 15.4. The number of benzene rings is 1. The molecule has 1 aliphatic heterocycles. The van der Waals surface area contributed by atoms with Gasteiger partial charge in [-0.25, -0.2) is 0 Å². The standard InChI is InChI=1S/C19H29N3O2.ClH/c1-4-22(18(24)9-8-16-10-11-20-12-16)13-17(23)21-19-14(2)6-5-7-15(19)3;/h5-7,16,20H,4,8-13H2,1-3H3,(H,21,23);1H. The van der Waals surface area contributed by atoms with Gasteiger partial charge in [-0.05, 0) is 63.7 Å². The Labute approximate surface area is 157 Å². The van der Waals surface area contributed by atoms with Crippen LogP contribution in [0, 0.1) is 19.8 Å². The number of halogens is 1. The number of likely N-dealkylation sites (N-methyl/N-ethyl adjacent to an activating group) is 1. The second-order valence-electron chi connectivity index (χ2n) is 6.62. The maximum absolute atomic E-state index is 12.4. The fourth-order valence-electron chi connectivity index (χ4n) is 3.19. The molecule has 0 bridgehead atoms. The van der Waals surface area contributed by atoms with Crippen molar-refractivity contribution in [1.29, 1.82) is 0 Å². The van der Waals surface area contributed by atoms with E-state index in [-0.39, 0.29) is 30.8 Å². The monoisotopic (exact) mass is 367 g/mol. The van der Waals surface area contributed by atoms with Crippen molar-refractivity contribution in [3.63, 3.8) is 0 Å². The van der Waals surface area contributed by atoms with Crippen molar-refractivity contribution in [2.75, 3.05) is 31.5 Å². The molecule has 25 heavy (non-hydrogen) atoms. The molecule has 1 aliphatic rings. The molecular weight excluding hydrogens is 338 g/mol. The number of hydrogen-bond acceptors (Lipinski definition) is 3. The van der Waals surface area contributed by atoms with E-state index < -0.39 is 0 Å². The first kappa shape index (κ1) is 21.5. The van der Waals surface area contributed by atoms with Crippen LogP contribution in [0.15, 0.2) is 18.2 Å². The van der Waals surface area contributed by atoms with E-state index in [4.69, 9.17) is 0 Å². The third-order valence-corrected chi connectivity index (χ3v) is 4.74. The van der Waals surface area contributed by atoms with Crippen LogP contribution in [-0.2, 0) is 9.59 Å². The van der Waals surface area contributed by atoms with Gasteiger partial charge in [-0.15, -0.1) is 12.4 Å². The first-order valence-electron chi connectivity index (χ1n) is 8.85. The van der Waals surface area contributed by atoms with E-state index in [2.05, 4.69) is 10.6 Å². The SMILES string of the molecule is CCN(CC(=O)Nc1c(C)cccc1C)C(=O)CCC1CCNC1.Cl. The molecule has 0 radical (unpaired) electrons. The van der Waals surface area contributed by atoms with Crippen molar-refractivity contribution in [1.82, 2.24) is 10.2 Å². The van der Waals surface area contributed by atoms with Crippen molar-refractivity contribution in [2.45, 2.75) is 40.0 Å². The highest BCUT2D eigenvalue weighted by atomic mass is 35.5. The summed E-state index contributed by atoms with van der Waals surface area (Å²) in [4.78, 5) is 26.4. The molecule has 1 saturated heterocycles. The molecular formula is C19H30ClN3O2. The van der Waals surface area contributed by atoms with Crippen LogP contribution in [-0.4, -0.2) is 42.9 Å². The van der Waals surface area contributed by atoms with Crippen LogP contribution in [0.4, 0.5) is 5.69 Å². The number of carbonyl (C=O) groups excluding carboxylic acids is 2. The van der Waals surface area contributed by atoms with Gasteiger partial charge in [0.05, 0.1) is 6.54 Å². The molecule has 0 aromatic heterocycles. The number of nitrogens with zero attached hydrogens (tertiary/aromatic N) is 1. The molecule has 2 N–H and O–H groups in total. The van der Waals surface area contributed by atoms with Crippen LogP contribution in [0.3, 0.4) is 0 Å². The number of hydrogen-bond donors (Lipinski definition) is 2. The number of para-hydroxylation sites is 1. The van der Waals surface area contributed by atoms with Gasteiger partial charge in [0.1, 0.15) is 0 Å². The lowest BCUT2D eigenvalue weighted by atomic mass is 10.0. The highest BCUT2D eigenvalue weighted by Crippen LogP contribution is 2.19. The van der Waals surface area contributed by atoms with Gasteiger partial charge in [0.2, 0.25) is 11.8 Å². The topological polar surface area (TPSA) is 61.4 Å². The van der Waals surface area contributed by atoms with Gasteiger partial charge in [-0.1, -0.05) is 18.2 Å². The Morgan fingerprint density at radius 2 is 1.96 bits per heavy atom. The molecule has 1 atom stereocenters.